The molecule has 1 aliphatic heterocycles. The summed E-state index contributed by atoms with van der Waals surface area (Å²) in [7, 11) is 0. The lowest BCUT2D eigenvalue weighted by atomic mass is 9.83. The van der Waals surface area contributed by atoms with Crippen molar-refractivity contribution in [3.63, 3.8) is 0 Å². The summed E-state index contributed by atoms with van der Waals surface area (Å²) in [4.78, 5) is 24.3. The molecule has 6 rings (SSSR count). The van der Waals surface area contributed by atoms with Gasteiger partial charge in [-0.3, -0.25) is 9.97 Å². The third-order valence-electron chi connectivity index (χ3n) is 8.58. The number of hydrogen-bond acceptors (Lipinski definition) is 8. The predicted molar refractivity (Wildman–Crippen MR) is 163 cm³/mol. The minimum atomic E-state index is -4.03. The summed E-state index contributed by atoms with van der Waals surface area (Å²) < 4.78 is 88.6. The number of H-pyrrole nitrogens is 1. The van der Waals surface area contributed by atoms with Gasteiger partial charge >= 0.3 is 11.6 Å². The fourth-order valence-corrected chi connectivity index (χ4v) is 5.81. The minimum Gasteiger partial charge on any atom is -0.384 e. The number of aliphatic hydroxyl groups is 1. The molecule has 2 aromatic carbocycles. The zero-order valence-electron chi connectivity index (χ0n) is 25.3. The van der Waals surface area contributed by atoms with Gasteiger partial charge in [0.1, 0.15) is 41.6 Å². The quantitative estimate of drug-likeness (QED) is 0.217. The molecular weight excluding hydrogens is 642 g/mol. The predicted octanol–water partition coefficient (Wildman–Crippen LogP) is 4.73. The van der Waals surface area contributed by atoms with Crippen molar-refractivity contribution < 1.29 is 31.4 Å². The van der Waals surface area contributed by atoms with Crippen LogP contribution in [0.25, 0.3) is 11.1 Å². The van der Waals surface area contributed by atoms with Crippen LogP contribution < -0.4 is 15.5 Å². The molecule has 3 aromatic heterocycles. The van der Waals surface area contributed by atoms with Crippen LogP contribution in [0.1, 0.15) is 30.0 Å². The Bertz CT molecular complexity index is 1960. The number of anilines is 2. The van der Waals surface area contributed by atoms with E-state index in [4.69, 9.17) is 0 Å². The molecule has 0 saturated carbocycles. The van der Waals surface area contributed by atoms with E-state index in [2.05, 4.69) is 25.3 Å². The zero-order valence-corrected chi connectivity index (χ0v) is 25.3. The van der Waals surface area contributed by atoms with E-state index in [9.17, 15) is 27.5 Å². The fourth-order valence-electron chi connectivity index (χ4n) is 5.81. The lowest BCUT2D eigenvalue weighted by Crippen LogP contribution is -2.52. The standard InChI is InChI=1S/C32H28F6N8O2/c1-31(46-30(48)41-42-43-46,24-8-5-21(34)14-25(24)35)32(37,38)28-9-4-20(17-39-28)19-2-6-22(7-3-19)44-10-12-45(13-11-44)23-15-26(36)29(40-18-23)27(47)16-33/h2-9,14-15,17-18,27,47H,10-13,16H2,1H3,(H,41,43,48)/t27?,31-/m1/s1. The number of aliphatic hydroxyl groups excluding tert-OH is 1. The Morgan fingerprint density at radius 2 is 1.52 bits per heavy atom. The first-order chi connectivity index (χ1) is 22.9. The Morgan fingerprint density at radius 1 is 0.854 bits per heavy atom. The normalized spacial score (nSPS) is 15.8. The van der Waals surface area contributed by atoms with Gasteiger partial charge in [0, 0.05) is 61.3 Å². The molecule has 0 bridgehead atoms. The van der Waals surface area contributed by atoms with Crippen molar-refractivity contribution in [2.45, 2.75) is 24.5 Å². The van der Waals surface area contributed by atoms with Crippen LogP contribution in [0.5, 0.6) is 0 Å². The molecule has 2 atom stereocenters. The van der Waals surface area contributed by atoms with E-state index in [1.165, 1.54) is 24.5 Å². The van der Waals surface area contributed by atoms with Crippen molar-refractivity contribution in [2.75, 3.05) is 42.7 Å². The minimum absolute atomic E-state index is 0.308. The first kappa shape index (κ1) is 32.7. The molecule has 1 fully saturated rings. The second-order valence-electron chi connectivity index (χ2n) is 11.4. The molecule has 4 heterocycles. The van der Waals surface area contributed by atoms with Crippen molar-refractivity contribution in [3.8, 4) is 11.1 Å². The van der Waals surface area contributed by atoms with Crippen molar-refractivity contribution in [1.82, 2.24) is 30.2 Å². The maximum Gasteiger partial charge on any atom is 0.362 e. The Kier molecular flexibility index (Phi) is 8.68. The molecule has 0 spiro atoms. The van der Waals surface area contributed by atoms with Crippen LogP contribution in [0.2, 0.25) is 0 Å². The van der Waals surface area contributed by atoms with Gasteiger partial charge in [-0.05, 0) is 47.2 Å². The number of benzene rings is 2. The highest BCUT2D eigenvalue weighted by molar-refractivity contribution is 5.66. The van der Waals surface area contributed by atoms with E-state index in [-0.39, 0.29) is 5.69 Å². The van der Waals surface area contributed by atoms with Gasteiger partial charge in [0.05, 0.1) is 11.9 Å². The first-order valence-corrected chi connectivity index (χ1v) is 14.7. The average molecular weight is 671 g/mol. The third-order valence-corrected chi connectivity index (χ3v) is 8.58. The van der Waals surface area contributed by atoms with E-state index in [0.29, 0.717) is 53.7 Å². The average Bonchev–Trinajstić information content (AvgIpc) is 3.54. The highest BCUT2D eigenvalue weighted by Crippen LogP contribution is 2.47. The molecule has 0 amide bonds. The summed E-state index contributed by atoms with van der Waals surface area (Å²) in [6, 6.07) is 13.1. The van der Waals surface area contributed by atoms with E-state index in [1.807, 2.05) is 22.1 Å². The molecule has 1 aliphatic rings. The van der Waals surface area contributed by atoms with Gasteiger partial charge in [-0.15, -0.1) is 0 Å². The van der Waals surface area contributed by atoms with Gasteiger partial charge in [-0.25, -0.2) is 27.5 Å². The fraction of sp³-hybridized carbons (Fsp3) is 0.281. The van der Waals surface area contributed by atoms with E-state index in [1.54, 1.807) is 12.1 Å². The molecule has 1 unspecified atom stereocenters. The van der Waals surface area contributed by atoms with Gasteiger partial charge in [-0.1, -0.05) is 24.3 Å². The van der Waals surface area contributed by atoms with Crippen LogP contribution in [0.15, 0.2) is 77.9 Å². The van der Waals surface area contributed by atoms with Crippen LogP contribution in [0.4, 0.5) is 37.7 Å². The summed E-state index contributed by atoms with van der Waals surface area (Å²) in [5.74, 6) is -7.10. The van der Waals surface area contributed by atoms with Crippen molar-refractivity contribution >= 4 is 11.4 Å². The Labute approximate surface area is 269 Å². The monoisotopic (exact) mass is 670 g/mol. The molecule has 16 heteroatoms. The molecule has 1 saturated heterocycles. The maximum atomic E-state index is 16.3. The van der Waals surface area contributed by atoms with Crippen molar-refractivity contribution in [1.29, 1.82) is 0 Å². The summed E-state index contributed by atoms with van der Waals surface area (Å²) in [6.07, 6.45) is 1.03. The molecule has 48 heavy (non-hydrogen) atoms. The smallest absolute Gasteiger partial charge is 0.362 e. The second-order valence-corrected chi connectivity index (χ2v) is 11.4. The number of tetrazole rings is 1. The highest BCUT2D eigenvalue weighted by Gasteiger charge is 2.58. The summed E-state index contributed by atoms with van der Waals surface area (Å²) >= 11 is 0. The van der Waals surface area contributed by atoms with Crippen LogP contribution in [0.3, 0.4) is 0 Å². The van der Waals surface area contributed by atoms with Crippen LogP contribution in [-0.2, 0) is 11.5 Å². The number of piperazine rings is 1. The van der Waals surface area contributed by atoms with Crippen LogP contribution in [-0.4, -0.2) is 68.1 Å². The lowest BCUT2D eigenvalue weighted by molar-refractivity contribution is -0.104. The van der Waals surface area contributed by atoms with Gasteiger partial charge in [-0.2, -0.15) is 13.5 Å². The van der Waals surface area contributed by atoms with Gasteiger partial charge in [0.25, 0.3) is 0 Å². The number of alkyl halides is 3. The maximum absolute atomic E-state index is 16.3. The number of nitrogens with zero attached hydrogens (tertiary/aromatic N) is 7. The Morgan fingerprint density at radius 3 is 2.08 bits per heavy atom. The largest absolute Gasteiger partial charge is 0.384 e. The van der Waals surface area contributed by atoms with Crippen LogP contribution in [0, 0.1) is 17.5 Å². The number of pyridine rings is 2. The highest BCUT2D eigenvalue weighted by atomic mass is 19.3. The van der Waals surface area contributed by atoms with Crippen molar-refractivity contribution in [3.05, 3.63) is 118 Å². The number of halogens is 6. The SMILES string of the molecule is C[C@](c1ccc(F)cc1F)(n1nn[nH]c1=O)C(F)(F)c1ccc(-c2ccc(N3CCN(c4cnc(C(O)CF)c(F)c4)CC3)cc2)cn1. The van der Waals surface area contributed by atoms with Gasteiger partial charge in [0.2, 0.25) is 0 Å². The van der Waals surface area contributed by atoms with E-state index >= 15 is 8.78 Å². The third kappa shape index (κ3) is 5.76. The number of hydrogen-bond donors (Lipinski definition) is 2. The molecule has 0 aliphatic carbocycles. The summed E-state index contributed by atoms with van der Waals surface area (Å²) in [6.45, 7) is 2.06. The zero-order chi connectivity index (χ0) is 34.2. The van der Waals surface area contributed by atoms with E-state index in [0.717, 1.165) is 30.8 Å². The summed E-state index contributed by atoms with van der Waals surface area (Å²) in [5, 5.41) is 18.2. The van der Waals surface area contributed by atoms with E-state index < -0.39 is 58.6 Å². The van der Waals surface area contributed by atoms with Crippen LogP contribution >= 0.6 is 0 Å². The van der Waals surface area contributed by atoms with Crippen molar-refractivity contribution in [2.24, 2.45) is 0 Å². The molecule has 0 radical (unpaired) electrons. The first-order valence-electron chi connectivity index (χ1n) is 14.7. The summed E-state index contributed by atoms with van der Waals surface area (Å²) in [5.41, 5.74) is -3.11. The number of rotatable bonds is 9. The number of aromatic nitrogens is 6. The second kappa shape index (κ2) is 12.7. The lowest BCUT2D eigenvalue weighted by Gasteiger charge is -2.37. The topological polar surface area (TPSA) is 116 Å². The number of nitrogens with one attached hydrogen (secondary N) is 1. The molecule has 5 aromatic rings. The molecule has 2 N–H and O–H groups in total. The van der Waals surface area contributed by atoms with Gasteiger partial charge < -0.3 is 14.9 Å². The number of aromatic amines is 1. The Balaban J connectivity index is 1.18. The molecule has 250 valence electrons. The molecule has 10 nitrogen and oxygen atoms in total. The van der Waals surface area contributed by atoms with Gasteiger partial charge in [0.15, 0.2) is 5.54 Å². The Hall–Kier alpha value is -5.25. The molecular formula is C32H28F6N8O2.